The van der Waals surface area contributed by atoms with Gasteiger partial charge in [-0.2, -0.15) is 0 Å². The molecular weight excluding hydrogens is 330 g/mol. The number of nitrogens with one attached hydrogen (secondary N) is 2. The molecule has 2 atom stereocenters. The third kappa shape index (κ3) is 3.28. The fourth-order valence-electron chi connectivity index (χ4n) is 4.77. The van der Waals surface area contributed by atoms with E-state index < -0.39 is 0 Å². The van der Waals surface area contributed by atoms with Crippen LogP contribution in [0.25, 0.3) is 10.2 Å². The molecule has 4 nitrogen and oxygen atoms in total. The van der Waals surface area contributed by atoms with Crippen LogP contribution in [-0.4, -0.2) is 16.0 Å². The number of rotatable bonds is 3. The molecule has 0 spiro atoms. The Morgan fingerprint density at radius 2 is 2.00 bits per heavy atom. The Kier molecular flexibility index (Phi) is 4.49. The highest BCUT2D eigenvalue weighted by Gasteiger charge is 2.33. The monoisotopic (exact) mass is 359 g/mol. The van der Waals surface area contributed by atoms with Gasteiger partial charge in [-0.25, -0.2) is 4.98 Å². The number of fused-ring (bicyclic) bond motifs is 3. The number of aromatic nitrogens is 2. The first-order chi connectivity index (χ1) is 11.9. The molecule has 2 N–H and O–H groups in total. The van der Waals surface area contributed by atoms with Gasteiger partial charge in [-0.1, -0.05) is 33.6 Å². The van der Waals surface area contributed by atoms with E-state index >= 15 is 0 Å². The number of aryl methyl sites for hydroxylation is 2. The van der Waals surface area contributed by atoms with Crippen LogP contribution < -0.4 is 10.9 Å². The van der Waals surface area contributed by atoms with Crippen LogP contribution in [0.1, 0.15) is 69.1 Å². The number of hydrogen-bond donors (Lipinski definition) is 2. The Morgan fingerprint density at radius 1 is 1.20 bits per heavy atom. The maximum atomic E-state index is 12.6. The van der Waals surface area contributed by atoms with E-state index in [1.54, 1.807) is 11.3 Å². The summed E-state index contributed by atoms with van der Waals surface area (Å²) in [6.45, 7) is 7.69. The molecule has 136 valence electrons. The number of hydrogen-bond acceptors (Lipinski definition) is 4. The fraction of sp³-hybridized carbons (Fsp3) is 0.700. The molecule has 1 fully saturated rings. The lowest BCUT2D eigenvalue weighted by atomic mass is 9.69. The van der Waals surface area contributed by atoms with Crippen molar-refractivity contribution in [2.24, 2.45) is 11.3 Å². The first-order valence-corrected chi connectivity index (χ1v) is 10.5. The molecule has 2 heterocycles. The summed E-state index contributed by atoms with van der Waals surface area (Å²) in [5.41, 5.74) is 1.63. The molecule has 0 radical (unpaired) electrons. The van der Waals surface area contributed by atoms with Crippen LogP contribution in [0.5, 0.6) is 0 Å². The molecule has 2 aromatic rings. The molecule has 25 heavy (non-hydrogen) atoms. The van der Waals surface area contributed by atoms with Gasteiger partial charge in [0.15, 0.2) is 0 Å². The summed E-state index contributed by atoms with van der Waals surface area (Å²) >= 11 is 1.72. The highest BCUT2D eigenvalue weighted by Crippen LogP contribution is 2.38. The SMILES string of the molecule is CC(C)(C)C1CCCCC1NCc1nc2sc3c(c2c(=O)[nH]1)CCC3. The molecule has 2 aromatic heterocycles. The third-order valence-corrected chi connectivity index (χ3v) is 7.22. The lowest BCUT2D eigenvalue weighted by Crippen LogP contribution is -2.44. The van der Waals surface area contributed by atoms with E-state index in [0.717, 1.165) is 28.9 Å². The summed E-state index contributed by atoms with van der Waals surface area (Å²) in [5.74, 6) is 1.47. The standard InChI is InChI=1S/C20H29N3OS/c1-20(2,3)13-8-4-5-9-14(13)21-11-16-22-18(24)17-12-7-6-10-15(12)25-19(17)23-16/h13-14,21H,4-11H2,1-3H3,(H,22,23,24). The second-order valence-electron chi connectivity index (χ2n) is 8.79. The van der Waals surface area contributed by atoms with Crippen LogP contribution in [0.15, 0.2) is 4.79 Å². The quantitative estimate of drug-likeness (QED) is 0.865. The molecule has 4 rings (SSSR count). The summed E-state index contributed by atoms with van der Waals surface area (Å²) in [6.07, 6.45) is 8.47. The molecular formula is C20H29N3OS. The van der Waals surface area contributed by atoms with Crippen LogP contribution in [0, 0.1) is 11.3 Å². The first-order valence-electron chi connectivity index (χ1n) is 9.70. The van der Waals surface area contributed by atoms with Crippen LogP contribution in [0.4, 0.5) is 0 Å². The minimum absolute atomic E-state index is 0.0530. The van der Waals surface area contributed by atoms with Crippen molar-refractivity contribution >= 4 is 21.6 Å². The van der Waals surface area contributed by atoms with Crippen LogP contribution in [0.3, 0.4) is 0 Å². The molecule has 0 bridgehead atoms. The highest BCUT2D eigenvalue weighted by molar-refractivity contribution is 7.18. The van der Waals surface area contributed by atoms with Gasteiger partial charge in [0.25, 0.3) is 5.56 Å². The van der Waals surface area contributed by atoms with Gasteiger partial charge in [0.05, 0.1) is 11.9 Å². The Labute approximate surface area is 153 Å². The van der Waals surface area contributed by atoms with Crippen LogP contribution in [-0.2, 0) is 19.4 Å². The second kappa shape index (κ2) is 6.51. The van der Waals surface area contributed by atoms with E-state index in [4.69, 9.17) is 4.98 Å². The van der Waals surface area contributed by atoms with E-state index in [-0.39, 0.29) is 5.56 Å². The predicted octanol–water partition coefficient (Wildman–Crippen LogP) is 4.17. The zero-order valence-electron chi connectivity index (χ0n) is 15.6. The van der Waals surface area contributed by atoms with Gasteiger partial charge >= 0.3 is 0 Å². The van der Waals surface area contributed by atoms with Gasteiger partial charge in [0.1, 0.15) is 10.7 Å². The van der Waals surface area contributed by atoms with Crippen molar-refractivity contribution < 1.29 is 0 Å². The topological polar surface area (TPSA) is 57.8 Å². The van der Waals surface area contributed by atoms with E-state index in [1.165, 1.54) is 42.5 Å². The molecule has 2 aliphatic rings. The molecule has 5 heteroatoms. The van der Waals surface area contributed by atoms with Crippen LogP contribution in [0.2, 0.25) is 0 Å². The first kappa shape index (κ1) is 17.2. The molecule has 2 unspecified atom stereocenters. The average molecular weight is 360 g/mol. The maximum absolute atomic E-state index is 12.6. The molecule has 0 saturated heterocycles. The number of nitrogens with zero attached hydrogens (tertiary/aromatic N) is 1. The predicted molar refractivity (Wildman–Crippen MR) is 104 cm³/mol. The normalized spacial score (nSPS) is 24.0. The maximum Gasteiger partial charge on any atom is 0.259 e. The molecule has 2 aliphatic carbocycles. The summed E-state index contributed by atoms with van der Waals surface area (Å²) in [6, 6.07) is 0.517. The number of aromatic amines is 1. The fourth-order valence-corrected chi connectivity index (χ4v) is 6.05. The minimum atomic E-state index is 0.0530. The van der Waals surface area contributed by atoms with Crippen molar-refractivity contribution in [1.82, 2.24) is 15.3 Å². The van der Waals surface area contributed by atoms with Crippen molar-refractivity contribution in [2.45, 2.75) is 78.3 Å². The van der Waals surface area contributed by atoms with Crippen molar-refractivity contribution in [3.8, 4) is 0 Å². The van der Waals surface area contributed by atoms with Gasteiger partial charge in [-0.3, -0.25) is 4.79 Å². The second-order valence-corrected chi connectivity index (χ2v) is 9.88. The largest absolute Gasteiger partial charge is 0.309 e. The van der Waals surface area contributed by atoms with Crippen molar-refractivity contribution in [2.75, 3.05) is 0 Å². The molecule has 0 aromatic carbocycles. The third-order valence-electron chi connectivity index (χ3n) is 6.03. The van der Waals surface area contributed by atoms with Gasteiger partial charge < -0.3 is 10.3 Å². The molecule has 0 amide bonds. The van der Waals surface area contributed by atoms with E-state index in [1.807, 2.05) is 0 Å². The van der Waals surface area contributed by atoms with E-state index in [2.05, 4.69) is 31.1 Å². The zero-order chi connectivity index (χ0) is 17.6. The van der Waals surface area contributed by atoms with Gasteiger partial charge in [0.2, 0.25) is 0 Å². The van der Waals surface area contributed by atoms with Gasteiger partial charge in [-0.15, -0.1) is 11.3 Å². The lowest BCUT2D eigenvalue weighted by Gasteiger charge is -2.41. The smallest absolute Gasteiger partial charge is 0.259 e. The molecule has 1 saturated carbocycles. The van der Waals surface area contributed by atoms with E-state index in [0.29, 0.717) is 23.9 Å². The lowest BCUT2D eigenvalue weighted by molar-refractivity contribution is 0.129. The minimum Gasteiger partial charge on any atom is -0.309 e. The Bertz CT molecular complexity index is 830. The van der Waals surface area contributed by atoms with Crippen molar-refractivity contribution in [3.05, 3.63) is 26.6 Å². The van der Waals surface area contributed by atoms with Crippen LogP contribution >= 0.6 is 11.3 Å². The number of thiophene rings is 1. The zero-order valence-corrected chi connectivity index (χ0v) is 16.4. The van der Waals surface area contributed by atoms with Gasteiger partial charge in [0, 0.05) is 10.9 Å². The summed E-state index contributed by atoms with van der Waals surface area (Å²) in [5, 5.41) is 4.56. The summed E-state index contributed by atoms with van der Waals surface area (Å²) in [7, 11) is 0. The average Bonchev–Trinajstić information content (AvgIpc) is 3.12. The Balaban J connectivity index is 1.54. The Hall–Kier alpha value is -1.20. The Morgan fingerprint density at radius 3 is 2.80 bits per heavy atom. The summed E-state index contributed by atoms with van der Waals surface area (Å²) < 4.78 is 0. The van der Waals surface area contributed by atoms with E-state index in [9.17, 15) is 4.79 Å². The van der Waals surface area contributed by atoms with Crippen molar-refractivity contribution in [1.29, 1.82) is 0 Å². The van der Waals surface area contributed by atoms with Gasteiger partial charge in [-0.05, 0) is 49.0 Å². The van der Waals surface area contributed by atoms with Crippen molar-refractivity contribution in [3.63, 3.8) is 0 Å². The molecule has 0 aliphatic heterocycles. The summed E-state index contributed by atoms with van der Waals surface area (Å²) in [4.78, 5) is 22.7. The highest BCUT2D eigenvalue weighted by atomic mass is 32.1. The number of H-pyrrole nitrogens is 1.